The number of rotatable bonds is 5. The summed E-state index contributed by atoms with van der Waals surface area (Å²) in [6.45, 7) is 0. The van der Waals surface area contributed by atoms with Gasteiger partial charge in [0.05, 0.1) is 13.2 Å². The second kappa shape index (κ2) is 6.36. The van der Waals surface area contributed by atoms with Gasteiger partial charge in [0.15, 0.2) is 0 Å². The van der Waals surface area contributed by atoms with Gasteiger partial charge in [0.1, 0.15) is 11.4 Å². The van der Waals surface area contributed by atoms with Crippen LogP contribution in [-0.2, 0) is 0 Å². The number of hydrogen-bond donors (Lipinski definition) is 2. The van der Waals surface area contributed by atoms with E-state index in [0.29, 0.717) is 5.75 Å². The highest BCUT2D eigenvalue weighted by Gasteiger charge is 2.18. The van der Waals surface area contributed by atoms with Crippen LogP contribution in [0.4, 0.5) is 5.69 Å². The van der Waals surface area contributed by atoms with Crippen molar-refractivity contribution in [2.45, 2.75) is 6.04 Å². The molecule has 0 amide bonds. The SMILES string of the molecule is COc1cccnc1C(NN)c1ccc(N(C)C)cc1. The van der Waals surface area contributed by atoms with Gasteiger partial charge in [0.2, 0.25) is 0 Å². The number of nitrogens with two attached hydrogens (primary N) is 1. The van der Waals surface area contributed by atoms with Crippen LogP contribution in [0.15, 0.2) is 42.6 Å². The number of hydrogen-bond acceptors (Lipinski definition) is 5. The molecule has 2 rings (SSSR count). The van der Waals surface area contributed by atoms with E-state index in [0.717, 1.165) is 16.9 Å². The Morgan fingerprint density at radius 3 is 2.45 bits per heavy atom. The largest absolute Gasteiger partial charge is 0.495 e. The molecule has 1 aromatic carbocycles. The van der Waals surface area contributed by atoms with Crippen LogP contribution in [-0.4, -0.2) is 26.2 Å². The van der Waals surface area contributed by atoms with Crippen molar-refractivity contribution in [2.75, 3.05) is 26.1 Å². The Labute approximate surface area is 119 Å². The van der Waals surface area contributed by atoms with E-state index in [1.165, 1.54) is 0 Å². The molecular formula is C15H20N4O. The van der Waals surface area contributed by atoms with Crippen LogP contribution in [0.1, 0.15) is 17.3 Å². The van der Waals surface area contributed by atoms with E-state index in [4.69, 9.17) is 10.6 Å². The molecule has 1 atom stereocenters. The maximum Gasteiger partial charge on any atom is 0.142 e. The first-order valence-corrected chi connectivity index (χ1v) is 6.39. The molecule has 0 bridgehead atoms. The molecule has 20 heavy (non-hydrogen) atoms. The second-order valence-corrected chi connectivity index (χ2v) is 4.68. The van der Waals surface area contributed by atoms with E-state index in [1.807, 2.05) is 38.4 Å². The Kier molecular flexibility index (Phi) is 4.55. The molecule has 0 saturated carbocycles. The molecule has 2 aromatic rings. The zero-order chi connectivity index (χ0) is 14.5. The van der Waals surface area contributed by atoms with E-state index < -0.39 is 0 Å². The van der Waals surface area contributed by atoms with Crippen molar-refractivity contribution < 1.29 is 4.74 Å². The van der Waals surface area contributed by atoms with Crippen LogP contribution >= 0.6 is 0 Å². The quantitative estimate of drug-likeness (QED) is 0.641. The van der Waals surface area contributed by atoms with Crippen molar-refractivity contribution in [3.8, 4) is 5.75 Å². The van der Waals surface area contributed by atoms with Gasteiger partial charge in [-0.05, 0) is 29.8 Å². The van der Waals surface area contributed by atoms with E-state index in [1.54, 1.807) is 13.3 Å². The van der Waals surface area contributed by atoms with Crippen LogP contribution in [0, 0.1) is 0 Å². The Bertz CT molecular complexity index is 554. The molecule has 1 heterocycles. The fraction of sp³-hybridized carbons (Fsp3) is 0.267. The first-order chi connectivity index (χ1) is 9.67. The molecule has 1 unspecified atom stereocenters. The number of nitrogens with zero attached hydrogens (tertiary/aromatic N) is 2. The van der Waals surface area contributed by atoms with Crippen LogP contribution < -0.4 is 20.9 Å². The number of aromatic nitrogens is 1. The Balaban J connectivity index is 2.36. The summed E-state index contributed by atoms with van der Waals surface area (Å²) in [7, 11) is 5.65. The average molecular weight is 272 g/mol. The molecule has 0 radical (unpaired) electrons. The summed E-state index contributed by atoms with van der Waals surface area (Å²) < 4.78 is 5.35. The molecule has 1 aromatic heterocycles. The van der Waals surface area contributed by atoms with Crippen LogP contribution in [0.2, 0.25) is 0 Å². The minimum Gasteiger partial charge on any atom is -0.495 e. The predicted molar refractivity (Wildman–Crippen MR) is 80.7 cm³/mol. The van der Waals surface area contributed by atoms with Gasteiger partial charge in [-0.3, -0.25) is 10.8 Å². The average Bonchev–Trinajstić information content (AvgIpc) is 2.49. The zero-order valence-electron chi connectivity index (χ0n) is 12.0. The van der Waals surface area contributed by atoms with Crippen LogP contribution in [0.25, 0.3) is 0 Å². The van der Waals surface area contributed by atoms with Gasteiger partial charge in [-0.2, -0.15) is 0 Å². The van der Waals surface area contributed by atoms with Gasteiger partial charge in [0, 0.05) is 26.0 Å². The third-order valence-corrected chi connectivity index (χ3v) is 3.20. The van der Waals surface area contributed by atoms with E-state index in [9.17, 15) is 0 Å². The molecule has 0 aliphatic carbocycles. The summed E-state index contributed by atoms with van der Waals surface area (Å²) in [5.41, 5.74) is 5.75. The van der Waals surface area contributed by atoms with Crippen LogP contribution in [0.3, 0.4) is 0 Å². The van der Waals surface area contributed by atoms with Crippen molar-refractivity contribution in [1.29, 1.82) is 0 Å². The van der Waals surface area contributed by atoms with Gasteiger partial charge >= 0.3 is 0 Å². The van der Waals surface area contributed by atoms with Crippen LogP contribution in [0.5, 0.6) is 5.75 Å². The lowest BCUT2D eigenvalue weighted by Gasteiger charge is -2.19. The highest BCUT2D eigenvalue weighted by atomic mass is 16.5. The Morgan fingerprint density at radius 2 is 1.90 bits per heavy atom. The lowest BCUT2D eigenvalue weighted by atomic mass is 10.0. The maximum absolute atomic E-state index is 5.70. The third-order valence-electron chi connectivity index (χ3n) is 3.20. The number of anilines is 1. The first kappa shape index (κ1) is 14.3. The molecule has 5 nitrogen and oxygen atoms in total. The Morgan fingerprint density at radius 1 is 1.20 bits per heavy atom. The van der Waals surface area contributed by atoms with Gasteiger partial charge in [-0.15, -0.1) is 0 Å². The van der Waals surface area contributed by atoms with Crippen molar-refractivity contribution in [1.82, 2.24) is 10.4 Å². The summed E-state index contributed by atoms with van der Waals surface area (Å²) in [6.07, 6.45) is 1.73. The number of hydrazine groups is 1. The smallest absolute Gasteiger partial charge is 0.142 e. The lowest BCUT2D eigenvalue weighted by Crippen LogP contribution is -2.29. The fourth-order valence-electron chi connectivity index (χ4n) is 2.09. The minimum atomic E-state index is -0.206. The topological polar surface area (TPSA) is 63.4 Å². The van der Waals surface area contributed by atoms with E-state index in [-0.39, 0.29) is 6.04 Å². The molecule has 0 aliphatic rings. The van der Waals surface area contributed by atoms with E-state index in [2.05, 4.69) is 27.4 Å². The predicted octanol–water partition coefficient (Wildman–Crippen LogP) is 1.71. The van der Waals surface area contributed by atoms with Gasteiger partial charge in [0.25, 0.3) is 0 Å². The molecule has 3 N–H and O–H groups in total. The number of nitrogens with one attached hydrogen (secondary N) is 1. The number of methoxy groups -OCH3 is 1. The van der Waals surface area contributed by atoms with E-state index >= 15 is 0 Å². The van der Waals surface area contributed by atoms with Crippen molar-refractivity contribution >= 4 is 5.69 Å². The van der Waals surface area contributed by atoms with Crippen molar-refractivity contribution in [2.24, 2.45) is 5.84 Å². The lowest BCUT2D eigenvalue weighted by molar-refractivity contribution is 0.400. The van der Waals surface area contributed by atoms with Crippen molar-refractivity contribution in [3.05, 3.63) is 53.9 Å². The normalized spacial score (nSPS) is 12.0. The summed E-state index contributed by atoms with van der Waals surface area (Å²) in [5.74, 6) is 6.42. The fourth-order valence-corrected chi connectivity index (χ4v) is 2.09. The highest BCUT2D eigenvalue weighted by molar-refractivity contribution is 5.48. The minimum absolute atomic E-state index is 0.206. The standard InChI is InChI=1S/C15H20N4O/c1-19(2)12-8-6-11(7-9-12)14(18-16)15-13(20-3)5-4-10-17-15/h4-10,14,18H,16H2,1-3H3. The molecule has 0 spiro atoms. The second-order valence-electron chi connectivity index (χ2n) is 4.68. The highest BCUT2D eigenvalue weighted by Crippen LogP contribution is 2.28. The molecule has 106 valence electrons. The maximum atomic E-state index is 5.70. The van der Waals surface area contributed by atoms with Gasteiger partial charge in [-0.1, -0.05) is 12.1 Å². The number of ether oxygens (including phenoxy) is 1. The number of benzene rings is 1. The summed E-state index contributed by atoms with van der Waals surface area (Å²) in [6, 6.07) is 11.7. The first-order valence-electron chi connectivity index (χ1n) is 6.39. The van der Waals surface area contributed by atoms with Crippen molar-refractivity contribution in [3.63, 3.8) is 0 Å². The molecular weight excluding hydrogens is 252 g/mol. The molecule has 0 saturated heterocycles. The summed E-state index contributed by atoms with van der Waals surface area (Å²) in [5, 5.41) is 0. The molecule has 0 aliphatic heterocycles. The zero-order valence-corrected chi connectivity index (χ0v) is 12.0. The summed E-state index contributed by atoms with van der Waals surface area (Å²) >= 11 is 0. The number of pyridine rings is 1. The summed E-state index contributed by atoms with van der Waals surface area (Å²) in [4.78, 5) is 6.43. The Hall–Kier alpha value is -2.11. The monoisotopic (exact) mass is 272 g/mol. The molecule has 5 heteroatoms. The molecule has 0 fully saturated rings. The van der Waals surface area contributed by atoms with Gasteiger partial charge in [-0.25, -0.2) is 5.43 Å². The third kappa shape index (κ3) is 2.89. The van der Waals surface area contributed by atoms with Gasteiger partial charge < -0.3 is 9.64 Å².